The van der Waals surface area contributed by atoms with Gasteiger partial charge in [0.15, 0.2) is 17.2 Å². The van der Waals surface area contributed by atoms with E-state index in [0.29, 0.717) is 40.2 Å². The van der Waals surface area contributed by atoms with Crippen LogP contribution in [-0.2, 0) is 6.42 Å². The summed E-state index contributed by atoms with van der Waals surface area (Å²) in [5.74, 6) is 3.14. The number of hydrogen-bond acceptors (Lipinski definition) is 10. The van der Waals surface area contributed by atoms with E-state index in [1.54, 1.807) is 21.3 Å². The van der Waals surface area contributed by atoms with Crippen LogP contribution in [0.1, 0.15) is 18.3 Å². The monoisotopic (exact) mass is 532 g/mol. The topological polar surface area (TPSA) is 119 Å². The fraction of sp³-hybridized carbons (Fsp3) is 0.222. The highest BCUT2D eigenvalue weighted by Gasteiger charge is 2.19. The lowest BCUT2D eigenvalue weighted by Crippen LogP contribution is -1.97. The summed E-state index contributed by atoms with van der Waals surface area (Å²) >= 11 is 1.31. The number of aromatic nitrogens is 4. The maximum Gasteiger partial charge on any atom is 0.187 e. The fourth-order valence-corrected chi connectivity index (χ4v) is 4.81. The Balaban J connectivity index is 1.42. The molecule has 38 heavy (non-hydrogen) atoms. The third-order valence-electron chi connectivity index (χ3n) is 5.96. The van der Waals surface area contributed by atoms with Gasteiger partial charge in [-0.15, -0.1) is 0 Å². The molecule has 0 aliphatic carbocycles. The minimum Gasteiger partial charge on any atom is -0.495 e. The lowest BCUT2D eigenvalue weighted by atomic mass is 10.1. The van der Waals surface area contributed by atoms with Crippen LogP contribution in [0.5, 0.6) is 17.2 Å². The van der Waals surface area contributed by atoms with E-state index in [1.165, 1.54) is 11.9 Å². The van der Waals surface area contributed by atoms with Gasteiger partial charge in [0.1, 0.15) is 22.1 Å². The van der Waals surface area contributed by atoms with Crippen molar-refractivity contribution in [2.75, 3.05) is 31.4 Å². The number of aromatic amines is 1. The normalized spacial score (nSPS) is 11.0. The summed E-state index contributed by atoms with van der Waals surface area (Å²) in [5, 5.41) is 15.5. The molecule has 0 unspecified atom stereocenters. The largest absolute Gasteiger partial charge is 0.495 e. The third kappa shape index (κ3) is 5.05. The van der Waals surface area contributed by atoms with Crippen LogP contribution in [0.25, 0.3) is 22.2 Å². The minimum atomic E-state index is 0.538. The van der Waals surface area contributed by atoms with Crippen LogP contribution in [0, 0.1) is 6.92 Å². The first-order chi connectivity index (χ1) is 18.5. The molecule has 0 aliphatic rings. The molecule has 3 N–H and O–H groups in total. The minimum absolute atomic E-state index is 0.538. The van der Waals surface area contributed by atoms with Crippen LogP contribution in [-0.4, -0.2) is 41.7 Å². The van der Waals surface area contributed by atoms with Gasteiger partial charge < -0.3 is 28.8 Å². The van der Waals surface area contributed by atoms with E-state index in [1.807, 2.05) is 55.5 Å². The van der Waals surface area contributed by atoms with Crippen molar-refractivity contribution in [1.82, 2.24) is 20.3 Å². The van der Waals surface area contributed by atoms with Crippen LogP contribution in [0.15, 0.2) is 57.9 Å². The second kappa shape index (κ2) is 10.9. The van der Waals surface area contributed by atoms with Gasteiger partial charge >= 0.3 is 0 Å². The van der Waals surface area contributed by atoms with Crippen molar-refractivity contribution in [2.24, 2.45) is 0 Å². The molecule has 196 valence electrons. The maximum atomic E-state index is 5.71. The summed E-state index contributed by atoms with van der Waals surface area (Å²) in [6.45, 7) is 4.02. The van der Waals surface area contributed by atoms with E-state index < -0.39 is 0 Å². The quantitative estimate of drug-likeness (QED) is 0.175. The number of hydrogen-bond donors (Lipinski definition) is 3. The van der Waals surface area contributed by atoms with E-state index in [2.05, 4.69) is 37.3 Å². The number of aryl methyl sites for hydroxylation is 2. The third-order valence-corrected chi connectivity index (χ3v) is 6.86. The first-order valence-corrected chi connectivity index (χ1v) is 12.8. The van der Waals surface area contributed by atoms with Crippen molar-refractivity contribution in [2.45, 2.75) is 25.2 Å². The van der Waals surface area contributed by atoms with Gasteiger partial charge in [0, 0.05) is 29.1 Å². The van der Waals surface area contributed by atoms with Gasteiger partial charge in [0.25, 0.3) is 0 Å². The van der Waals surface area contributed by atoms with Crippen molar-refractivity contribution in [1.29, 1.82) is 0 Å². The van der Waals surface area contributed by atoms with Gasteiger partial charge in [-0.2, -0.15) is 5.10 Å². The molecule has 10 nitrogen and oxygen atoms in total. The van der Waals surface area contributed by atoms with Crippen molar-refractivity contribution in [3.05, 3.63) is 59.9 Å². The average Bonchev–Trinajstić information content (AvgIpc) is 3.57. The Morgan fingerprint density at radius 2 is 1.74 bits per heavy atom. The highest BCUT2D eigenvalue weighted by atomic mass is 32.2. The van der Waals surface area contributed by atoms with Gasteiger partial charge in [-0.3, -0.25) is 10.1 Å². The average molecular weight is 533 g/mol. The number of fused-ring (bicyclic) bond motifs is 1. The molecule has 11 heteroatoms. The number of nitrogens with zero attached hydrogens (tertiary/aromatic N) is 3. The number of rotatable bonds is 10. The van der Waals surface area contributed by atoms with Gasteiger partial charge in [0.2, 0.25) is 0 Å². The zero-order valence-corrected chi connectivity index (χ0v) is 22.5. The summed E-state index contributed by atoms with van der Waals surface area (Å²) in [7, 11) is 4.87. The Bertz CT molecular complexity index is 1560. The van der Waals surface area contributed by atoms with E-state index in [-0.39, 0.29) is 0 Å². The van der Waals surface area contributed by atoms with E-state index in [4.69, 9.17) is 18.7 Å². The number of ether oxygens (including phenoxy) is 3. The van der Waals surface area contributed by atoms with Crippen molar-refractivity contribution < 1.29 is 18.7 Å². The number of pyridine rings is 1. The summed E-state index contributed by atoms with van der Waals surface area (Å²) in [5.41, 5.74) is 5.00. The molecule has 3 aromatic heterocycles. The molecule has 5 aromatic rings. The zero-order valence-electron chi connectivity index (χ0n) is 21.7. The molecule has 5 rings (SSSR count). The second-order valence-electron chi connectivity index (χ2n) is 8.42. The molecule has 0 fully saturated rings. The summed E-state index contributed by atoms with van der Waals surface area (Å²) in [6.07, 6.45) is 0.862. The number of nitrogens with one attached hydrogen (secondary N) is 3. The van der Waals surface area contributed by atoms with Crippen molar-refractivity contribution in [3.63, 3.8) is 0 Å². The molecule has 0 bridgehead atoms. The van der Waals surface area contributed by atoms with Gasteiger partial charge in [0.05, 0.1) is 38.1 Å². The zero-order chi connectivity index (χ0) is 26.6. The summed E-state index contributed by atoms with van der Waals surface area (Å²) in [4.78, 5) is 5.38. The first-order valence-electron chi connectivity index (χ1n) is 11.9. The molecule has 0 aliphatic heterocycles. The molecular weight excluding hydrogens is 504 g/mol. The Hall–Kier alpha value is -4.38. The second-order valence-corrected chi connectivity index (χ2v) is 9.23. The predicted octanol–water partition coefficient (Wildman–Crippen LogP) is 6.37. The van der Waals surface area contributed by atoms with Gasteiger partial charge in [-0.1, -0.05) is 18.1 Å². The molecule has 0 saturated heterocycles. The number of H-pyrrole nitrogens is 1. The van der Waals surface area contributed by atoms with Gasteiger partial charge in [-0.05, 0) is 55.6 Å². The molecule has 0 saturated carbocycles. The van der Waals surface area contributed by atoms with Crippen molar-refractivity contribution >= 4 is 40.2 Å². The molecule has 2 aromatic carbocycles. The Morgan fingerprint density at radius 3 is 2.39 bits per heavy atom. The molecule has 3 heterocycles. The molecule has 0 amide bonds. The maximum absolute atomic E-state index is 5.71. The summed E-state index contributed by atoms with van der Waals surface area (Å²) < 4.78 is 25.9. The highest BCUT2D eigenvalue weighted by molar-refractivity contribution is 8.00. The predicted molar refractivity (Wildman–Crippen MR) is 149 cm³/mol. The standard InChI is InChI=1S/C27H28N6O4S/c1-6-17-12-25(31-30-17)29-20-14-21-18(13-22(20)34-3)27(32-37-21)33-38-26-23(35-4)10-16(11-24(26)36-5)19-9-7-8-15(2)28-19/h7-14H,6H2,1-5H3,(H,32,33)(H2,29,30,31). The van der Waals surface area contributed by atoms with E-state index in [0.717, 1.165) is 39.3 Å². The smallest absolute Gasteiger partial charge is 0.187 e. The number of benzene rings is 2. The SMILES string of the molecule is CCc1cc(Nc2cc3onc(NSc4c(OC)cc(-c5cccc(C)n5)cc4OC)c3cc2OC)n[nH]1. The van der Waals surface area contributed by atoms with E-state index in [9.17, 15) is 0 Å². The van der Waals surface area contributed by atoms with Crippen LogP contribution < -0.4 is 24.2 Å². The molecular formula is C27H28N6O4S. The Morgan fingerprint density at radius 1 is 0.974 bits per heavy atom. The number of anilines is 3. The molecule has 0 radical (unpaired) electrons. The lowest BCUT2D eigenvalue weighted by Gasteiger charge is -2.15. The molecule has 0 atom stereocenters. The fourth-order valence-electron chi connectivity index (χ4n) is 3.98. The van der Waals surface area contributed by atoms with Crippen LogP contribution in [0.3, 0.4) is 0 Å². The highest BCUT2D eigenvalue weighted by Crippen LogP contribution is 2.43. The number of methoxy groups -OCH3 is 3. The molecule has 0 spiro atoms. The first kappa shape index (κ1) is 25.3. The van der Waals surface area contributed by atoms with Crippen molar-refractivity contribution in [3.8, 4) is 28.5 Å². The van der Waals surface area contributed by atoms with E-state index >= 15 is 0 Å². The Kier molecular flexibility index (Phi) is 7.27. The van der Waals surface area contributed by atoms with Gasteiger partial charge in [-0.25, -0.2) is 0 Å². The van der Waals surface area contributed by atoms with Crippen LogP contribution in [0.2, 0.25) is 0 Å². The summed E-state index contributed by atoms with van der Waals surface area (Å²) in [6, 6.07) is 15.4. The van der Waals surface area contributed by atoms with Crippen LogP contribution in [0.4, 0.5) is 17.3 Å². The van der Waals surface area contributed by atoms with Crippen LogP contribution >= 0.6 is 11.9 Å². The lowest BCUT2D eigenvalue weighted by molar-refractivity contribution is 0.377. The Labute approximate surface area is 224 Å².